The van der Waals surface area contributed by atoms with E-state index in [4.69, 9.17) is 16.6 Å². The molecule has 192 valence electrons. The van der Waals surface area contributed by atoms with Crippen LogP contribution in [0.1, 0.15) is 51.7 Å². The Hall–Kier alpha value is -2.92. The Morgan fingerprint density at radius 2 is 1.75 bits per heavy atom. The van der Waals surface area contributed by atoms with Crippen molar-refractivity contribution in [2.75, 3.05) is 7.05 Å². The van der Waals surface area contributed by atoms with Crippen LogP contribution in [0.25, 0.3) is 0 Å². The first kappa shape index (κ1) is 33.1. The molecule has 0 aromatic heterocycles. The number of rotatable bonds is 7. The number of hydrogen-bond donors (Lipinski definition) is 1. The molecule has 0 spiro atoms. The van der Waals surface area contributed by atoms with Crippen molar-refractivity contribution in [1.29, 1.82) is 0 Å². The van der Waals surface area contributed by atoms with Crippen LogP contribution in [0.3, 0.4) is 0 Å². The maximum atomic E-state index is 10.6. The molecule has 2 N–H and O–H groups in total. The lowest BCUT2D eigenvalue weighted by atomic mass is 10.0. The van der Waals surface area contributed by atoms with Crippen LogP contribution in [0.15, 0.2) is 118 Å². The molecule has 3 rings (SSSR count). The Bertz CT molecular complexity index is 1080. The van der Waals surface area contributed by atoms with Gasteiger partial charge in [0.15, 0.2) is 0 Å². The third-order valence-corrected chi connectivity index (χ3v) is 5.78. The van der Waals surface area contributed by atoms with E-state index in [1.54, 1.807) is 17.8 Å². The van der Waals surface area contributed by atoms with Crippen molar-refractivity contribution in [2.45, 2.75) is 45.4 Å². The van der Waals surface area contributed by atoms with E-state index in [9.17, 15) is 4.79 Å². The van der Waals surface area contributed by atoms with E-state index >= 15 is 0 Å². The predicted molar refractivity (Wildman–Crippen MR) is 162 cm³/mol. The Kier molecular flexibility index (Phi) is 18.6. The summed E-state index contributed by atoms with van der Waals surface area (Å²) in [6.45, 7) is 15.2. The number of nitrogens with zero attached hydrogens (tertiary/aromatic N) is 1. The van der Waals surface area contributed by atoms with Crippen LogP contribution in [0.2, 0.25) is 5.02 Å². The van der Waals surface area contributed by atoms with Crippen molar-refractivity contribution in [3.63, 3.8) is 0 Å². The van der Waals surface area contributed by atoms with Crippen molar-refractivity contribution < 1.29 is 4.79 Å². The third kappa shape index (κ3) is 11.7. The number of carbonyl (C=O) groups excluding carboxylic acids is 1. The lowest BCUT2D eigenvalue weighted by molar-refractivity contribution is -0.107. The van der Waals surface area contributed by atoms with Crippen LogP contribution < -0.4 is 5.73 Å². The number of aliphatic imine (C=N–C) groups is 1. The van der Waals surface area contributed by atoms with Crippen molar-refractivity contribution >= 4 is 35.4 Å². The van der Waals surface area contributed by atoms with E-state index in [0.717, 1.165) is 50.6 Å². The van der Waals surface area contributed by atoms with Gasteiger partial charge in [0, 0.05) is 32.4 Å². The average Bonchev–Trinajstić information content (AvgIpc) is 3.07. The van der Waals surface area contributed by atoms with E-state index in [0.29, 0.717) is 11.4 Å². The monoisotopic (exact) mass is 522 g/mol. The molecule has 36 heavy (non-hydrogen) atoms. The summed E-state index contributed by atoms with van der Waals surface area (Å²) in [6.07, 6.45) is 11.5. The molecule has 1 aliphatic heterocycles. The van der Waals surface area contributed by atoms with Gasteiger partial charge >= 0.3 is 0 Å². The normalized spacial score (nSPS) is 12.0. The molecule has 3 nitrogen and oxygen atoms in total. The summed E-state index contributed by atoms with van der Waals surface area (Å²) in [5, 5.41) is 0.712. The van der Waals surface area contributed by atoms with Gasteiger partial charge in [0.1, 0.15) is 6.29 Å². The first-order valence-electron chi connectivity index (χ1n) is 12.0. The smallest absolute Gasteiger partial charge is 0.123 e. The second kappa shape index (κ2) is 20.3. The van der Waals surface area contributed by atoms with Gasteiger partial charge in [-0.2, -0.15) is 0 Å². The number of fused-ring (bicyclic) bond motifs is 1. The Labute approximate surface area is 227 Å². The van der Waals surface area contributed by atoms with Crippen molar-refractivity contribution in [2.24, 2.45) is 10.7 Å². The fourth-order valence-electron chi connectivity index (χ4n) is 2.85. The van der Waals surface area contributed by atoms with E-state index in [1.807, 2.05) is 81.5 Å². The van der Waals surface area contributed by atoms with Gasteiger partial charge in [0.2, 0.25) is 0 Å². The number of halogens is 1. The highest BCUT2D eigenvalue weighted by Gasteiger charge is 2.18. The SMILES string of the molecule is C=C/C=C\C(=C)C.CC.CCC1=C(/C=C\CC=O)Sc2ccccc2C(c2ccc(Cl)cc2)=N1.CN. The number of nitrogens with two attached hydrogens (primary N) is 1. The molecule has 0 unspecified atom stereocenters. The van der Waals surface area contributed by atoms with Gasteiger partial charge < -0.3 is 10.5 Å². The maximum absolute atomic E-state index is 10.6. The van der Waals surface area contributed by atoms with Crippen LogP contribution in [-0.4, -0.2) is 19.0 Å². The number of thioether (sulfide) groups is 1. The van der Waals surface area contributed by atoms with E-state index in [2.05, 4.69) is 37.9 Å². The number of aldehydes is 1. The second-order valence-corrected chi connectivity index (χ2v) is 8.50. The third-order valence-electron chi connectivity index (χ3n) is 4.36. The molecule has 0 atom stereocenters. The molecule has 0 fully saturated rings. The fourth-order valence-corrected chi connectivity index (χ4v) is 4.11. The summed E-state index contributed by atoms with van der Waals surface area (Å²) in [6, 6.07) is 16.1. The van der Waals surface area contributed by atoms with Gasteiger partial charge in [-0.05, 0) is 44.7 Å². The number of carbonyl (C=O) groups is 1. The van der Waals surface area contributed by atoms with Crippen molar-refractivity contribution in [1.82, 2.24) is 0 Å². The van der Waals surface area contributed by atoms with Crippen molar-refractivity contribution in [3.8, 4) is 0 Å². The predicted octanol–water partition coefficient (Wildman–Crippen LogP) is 8.96. The minimum atomic E-state index is 0.413. The molecule has 0 saturated heterocycles. The largest absolute Gasteiger partial charge is 0.333 e. The molecule has 0 amide bonds. The molecule has 1 aliphatic rings. The summed E-state index contributed by atoms with van der Waals surface area (Å²) < 4.78 is 0. The zero-order chi connectivity index (χ0) is 27.3. The second-order valence-electron chi connectivity index (χ2n) is 6.98. The highest BCUT2D eigenvalue weighted by Crippen LogP contribution is 2.38. The first-order chi connectivity index (χ1) is 17.5. The highest BCUT2D eigenvalue weighted by atomic mass is 35.5. The maximum Gasteiger partial charge on any atom is 0.123 e. The fraction of sp³-hybridized carbons (Fsp3) is 0.226. The summed E-state index contributed by atoms with van der Waals surface area (Å²) in [4.78, 5) is 17.8. The molecule has 0 saturated carbocycles. The summed E-state index contributed by atoms with van der Waals surface area (Å²) in [5.74, 6) is 0. The van der Waals surface area contributed by atoms with Gasteiger partial charge in [0.25, 0.3) is 0 Å². The van der Waals surface area contributed by atoms with Crippen LogP contribution in [0.5, 0.6) is 0 Å². The van der Waals surface area contributed by atoms with Crippen LogP contribution >= 0.6 is 23.4 Å². The van der Waals surface area contributed by atoms with Gasteiger partial charge in [-0.1, -0.05) is 118 Å². The Morgan fingerprint density at radius 1 is 1.11 bits per heavy atom. The van der Waals surface area contributed by atoms with Crippen LogP contribution in [0.4, 0.5) is 0 Å². The molecule has 0 bridgehead atoms. The Balaban J connectivity index is 0.000000952. The molecular formula is C31H39ClN2OS. The van der Waals surface area contributed by atoms with Gasteiger partial charge in [0.05, 0.1) is 11.4 Å². The molecular weight excluding hydrogens is 484 g/mol. The number of allylic oxidation sites excluding steroid dienone is 7. The van der Waals surface area contributed by atoms with Gasteiger partial charge in [-0.3, -0.25) is 4.99 Å². The van der Waals surface area contributed by atoms with Crippen LogP contribution in [-0.2, 0) is 4.79 Å². The van der Waals surface area contributed by atoms with E-state index in [1.165, 1.54) is 7.05 Å². The molecule has 0 aliphatic carbocycles. The average molecular weight is 523 g/mol. The standard InChI is InChI=1S/C21H18ClNOS.C7H10.C2H6.CH5N/c1-2-18-20(9-5-6-14-24)25-19-8-4-3-7-17(19)21(23-18)15-10-12-16(22)13-11-15;1-4-5-6-7(2)3;2*1-2/h3-5,7-14H,2,6H2,1H3;4-6H,1-2H2,3H3;1-2H3;2H2,1H3/b9-5-;6-5-;;. The Morgan fingerprint density at radius 3 is 2.28 bits per heavy atom. The molecule has 2 aromatic carbocycles. The van der Waals surface area contributed by atoms with Crippen LogP contribution in [0, 0.1) is 0 Å². The molecule has 1 heterocycles. The summed E-state index contributed by atoms with van der Waals surface area (Å²) >= 11 is 7.74. The topological polar surface area (TPSA) is 55.5 Å². The zero-order valence-electron chi connectivity index (χ0n) is 22.1. The highest BCUT2D eigenvalue weighted by molar-refractivity contribution is 8.03. The minimum absolute atomic E-state index is 0.413. The van der Waals surface area contributed by atoms with Crippen molar-refractivity contribution in [3.05, 3.63) is 124 Å². The lowest BCUT2D eigenvalue weighted by Gasteiger charge is -2.09. The molecule has 5 heteroatoms. The molecule has 0 radical (unpaired) electrons. The van der Waals surface area contributed by atoms with Gasteiger partial charge in [-0.25, -0.2) is 0 Å². The van der Waals surface area contributed by atoms with E-state index in [-0.39, 0.29) is 0 Å². The lowest BCUT2D eigenvalue weighted by Crippen LogP contribution is -2.04. The summed E-state index contributed by atoms with van der Waals surface area (Å²) in [5.41, 5.74) is 9.68. The zero-order valence-corrected chi connectivity index (χ0v) is 23.7. The van der Waals surface area contributed by atoms with E-state index < -0.39 is 0 Å². The number of benzene rings is 2. The quantitative estimate of drug-likeness (QED) is 0.291. The summed E-state index contributed by atoms with van der Waals surface area (Å²) in [7, 11) is 1.50. The molecule has 2 aromatic rings. The minimum Gasteiger partial charge on any atom is -0.333 e. The number of hydrogen-bond acceptors (Lipinski definition) is 4. The van der Waals surface area contributed by atoms with Gasteiger partial charge in [-0.15, -0.1) is 0 Å². The first-order valence-corrected chi connectivity index (χ1v) is 13.2.